The van der Waals surface area contributed by atoms with Gasteiger partial charge in [0.25, 0.3) is 0 Å². The van der Waals surface area contributed by atoms with Crippen LogP contribution in [0.5, 0.6) is 11.5 Å². The van der Waals surface area contributed by atoms with E-state index in [2.05, 4.69) is 44.7 Å². The molecule has 2 N–H and O–H groups in total. The highest BCUT2D eigenvalue weighted by Crippen LogP contribution is 2.35. The van der Waals surface area contributed by atoms with Gasteiger partial charge >= 0.3 is 11.8 Å². The molecule has 35 heavy (non-hydrogen) atoms. The number of para-hydroxylation sites is 1. The van der Waals surface area contributed by atoms with Crippen molar-refractivity contribution in [2.24, 2.45) is 0 Å². The van der Waals surface area contributed by atoms with Crippen LogP contribution in [0.15, 0.2) is 66.0 Å². The normalized spacial score (nSPS) is 16.1. The van der Waals surface area contributed by atoms with Gasteiger partial charge in [0.15, 0.2) is 11.5 Å². The van der Waals surface area contributed by atoms with E-state index < -0.39 is 11.8 Å². The maximum atomic E-state index is 12.6. The summed E-state index contributed by atoms with van der Waals surface area (Å²) >= 11 is 1.54. The number of fused-ring (bicyclic) bond motifs is 1. The van der Waals surface area contributed by atoms with Crippen LogP contribution in [0.1, 0.15) is 16.5 Å². The smallest absolute Gasteiger partial charge is 0.309 e. The van der Waals surface area contributed by atoms with Crippen LogP contribution in [0.3, 0.4) is 0 Å². The number of carbonyl (C=O) groups is 2. The van der Waals surface area contributed by atoms with E-state index in [-0.39, 0.29) is 12.8 Å². The summed E-state index contributed by atoms with van der Waals surface area (Å²) in [7, 11) is 0. The number of nitrogens with one attached hydrogen (secondary N) is 2. The Kier molecular flexibility index (Phi) is 7.15. The fourth-order valence-corrected chi connectivity index (χ4v) is 5.08. The summed E-state index contributed by atoms with van der Waals surface area (Å²) in [6, 6.07) is 20.0. The molecule has 5 rings (SSSR count). The van der Waals surface area contributed by atoms with Crippen molar-refractivity contribution < 1.29 is 19.1 Å². The fourth-order valence-electron chi connectivity index (χ4n) is 4.44. The van der Waals surface area contributed by atoms with Gasteiger partial charge in [-0.25, -0.2) is 0 Å². The number of nitrogens with zero attached hydrogens (tertiary/aromatic N) is 2. The van der Waals surface area contributed by atoms with Gasteiger partial charge in [0.2, 0.25) is 6.79 Å². The molecule has 0 unspecified atom stereocenters. The Morgan fingerprint density at radius 2 is 1.66 bits per heavy atom. The van der Waals surface area contributed by atoms with Crippen molar-refractivity contribution in [1.82, 2.24) is 15.5 Å². The third-order valence-corrected chi connectivity index (χ3v) is 7.20. The number of hydrogen-bond acceptors (Lipinski definition) is 7. The number of benzene rings is 2. The van der Waals surface area contributed by atoms with Gasteiger partial charge in [-0.2, -0.15) is 0 Å². The van der Waals surface area contributed by atoms with E-state index in [1.807, 2.05) is 41.8 Å². The van der Waals surface area contributed by atoms with Crippen LogP contribution in [0.4, 0.5) is 5.69 Å². The van der Waals surface area contributed by atoms with Crippen molar-refractivity contribution in [1.29, 1.82) is 0 Å². The van der Waals surface area contributed by atoms with E-state index in [0.717, 1.165) is 42.4 Å². The Morgan fingerprint density at radius 3 is 2.43 bits per heavy atom. The molecule has 182 valence electrons. The maximum Gasteiger partial charge on any atom is 0.309 e. The molecule has 1 fully saturated rings. The van der Waals surface area contributed by atoms with E-state index in [1.54, 1.807) is 0 Å². The van der Waals surface area contributed by atoms with Gasteiger partial charge in [0.1, 0.15) is 0 Å². The van der Waals surface area contributed by atoms with Gasteiger partial charge in [-0.05, 0) is 41.3 Å². The van der Waals surface area contributed by atoms with Crippen LogP contribution in [0.25, 0.3) is 0 Å². The summed E-state index contributed by atoms with van der Waals surface area (Å²) in [5.74, 6) is 0.167. The average molecular weight is 493 g/mol. The topological polar surface area (TPSA) is 83.1 Å². The molecule has 3 heterocycles. The lowest BCUT2D eigenvalue weighted by molar-refractivity contribution is -0.139. The number of thiophene rings is 1. The van der Waals surface area contributed by atoms with Gasteiger partial charge < -0.3 is 25.0 Å². The number of piperazine rings is 1. The summed E-state index contributed by atoms with van der Waals surface area (Å²) in [6.45, 7) is 4.27. The number of hydrogen-bond donors (Lipinski definition) is 2. The minimum Gasteiger partial charge on any atom is -0.454 e. The quantitative estimate of drug-likeness (QED) is 0.494. The monoisotopic (exact) mass is 492 g/mol. The molecule has 0 spiro atoms. The van der Waals surface area contributed by atoms with Crippen molar-refractivity contribution in [2.75, 3.05) is 44.4 Å². The molecule has 2 amide bonds. The van der Waals surface area contributed by atoms with E-state index >= 15 is 0 Å². The van der Waals surface area contributed by atoms with Crippen LogP contribution in [-0.4, -0.2) is 56.2 Å². The molecule has 0 aliphatic carbocycles. The van der Waals surface area contributed by atoms with Crippen molar-refractivity contribution in [3.63, 3.8) is 0 Å². The number of amides is 2. The molecule has 2 aromatic carbocycles. The van der Waals surface area contributed by atoms with Crippen molar-refractivity contribution in [2.45, 2.75) is 12.6 Å². The SMILES string of the molecule is O=C(NCc1cccs1)C(=O)NC[C@@H](c1ccc2c(c1)OCO2)N1CCN(c2ccccc2)CC1. The molecule has 9 heteroatoms. The van der Waals surface area contributed by atoms with Crippen LogP contribution in [0.2, 0.25) is 0 Å². The van der Waals surface area contributed by atoms with Gasteiger partial charge in [-0.3, -0.25) is 14.5 Å². The highest BCUT2D eigenvalue weighted by atomic mass is 32.1. The standard InChI is InChI=1S/C26H28N4O4S/c31-25(27-16-21-7-4-14-35-21)26(32)28-17-22(19-8-9-23-24(15-19)34-18-33-23)30-12-10-29(11-13-30)20-5-2-1-3-6-20/h1-9,14-15,22H,10-13,16-18H2,(H,27,31)(H,28,32)/t22-/m0/s1. The van der Waals surface area contributed by atoms with E-state index in [4.69, 9.17) is 9.47 Å². The van der Waals surface area contributed by atoms with E-state index in [0.29, 0.717) is 18.8 Å². The lowest BCUT2D eigenvalue weighted by Gasteiger charge is -2.40. The summed E-state index contributed by atoms with van der Waals surface area (Å²) < 4.78 is 11.0. The first kappa shape index (κ1) is 23.2. The van der Waals surface area contributed by atoms with Gasteiger partial charge in [0, 0.05) is 43.3 Å². The Hall–Kier alpha value is -3.56. The predicted molar refractivity (Wildman–Crippen MR) is 135 cm³/mol. The first-order valence-corrected chi connectivity index (χ1v) is 12.6. The second kappa shape index (κ2) is 10.8. The van der Waals surface area contributed by atoms with Crippen LogP contribution in [0, 0.1) is 0 Å². The molecule has 1 saturated heterocycles. The molecule has 0 saturated carbocycles. The molecule has 1 aromatic heterocycles. The third-order valence-electron chi connectivity index (χ3n) is 6.32. The third kappa shape index (κ3) is 5.58. The minimum atomic E-state index is -0.629. The summed E-state index contributed by atoms with van der Waals surface area (Å²) in [5.41, 5.74) is 2.23. The molecule has 2 aliphatic heterocycles. The lowest BCUT2D eigenvalue weighted by Crippen LogP contribution is -2.50. The molecule has 2 aliphatic rings. The van der Waals surface area contributed by atoms with Gasteiger partial charge in [-0.1, -0.05) is 30.3 Å². The van der Waals surface area contributed by atoms with Crippen molar-refractivity contribution >= 4 is 28.8 Å². The number of rotatable bonds is 7. The maximum absolute atomic E-state index is 12.6. The van der Waals surface area contributed by atoms with Crippen molar-refractivity contribution in [3.8, 4) is 11.5 Å². The first-order valence-electron chi connectivity index (χ1n) is 11.7. The van der Waals surface area contributed by atoms with Crippen LogP contribution >= 0.6 is 11.3 Å². The Labute approximate surface area is 208 Å². The Bertz CT molecular complexity index is 1150. The summed E-state index contributed by atoms with van der Waals surface area (Å²) in [6.07, 6.45) is 0. The predicted octanol–water partition coefficient (Wildman–Crippen LogP) is 2.77. The summed E-state index contributed by atoms with van der Waals surface area (Å²) in [4.78, 5) is 30.6. The first-order chi connectivity index (χ1) is 17.2. The minimum absolute atomic E-state index is 0.100. The van der Waals surface area contributed by atoms with Crippen LogP contribution in [-0.2, 0) is 16.1 Å². The zero-order valence-corrected chi connectivity index (χ0v) is 20.1. The molecule has 0 radical (unpaired) electrons. The molecular weight excluding hydrogens is 464 g/mol. The molecule has 3 aromatic rings. The summed E-state index contributed by atoms with van der Waals surface area (Å²) in [5, 5.41) is 7.47. The number of ether oxygens (including phenoxy) is 2. The number of carbonyl (C=O) groups excluding carboxylic acids is 2. The van der Waals surface area contributed by atoms with Gasteiger partial charge in [0.05, 0.1) is 12.6 Å². The fraction of sp³-hybridized carbons (Fsp3) is 0.308. The number of anilines is 1. The van der Waals surface area contributed by atoms with E-state index in [1.165, 1.54) is 17.0 Å². The average Bonchev–Trinajstić information content (AvgIpc) is 3.60. The Balaban J connectivity index is 1.25. The zero-order valence-electron chi connectivity index (χ0n) is 19.3. The van der Waals surface area contributed by atoms with E-state index in [9.17, 15) is 9.59 Å². The Morgan fingerprint density at radius 1 is 0.886 bits per heavy atom. The van der Waals surface area contributed by atoms with Crippen molar-refractivity contribution in [3.05, 3.63) is 76.5 Å². The van der Waals surface area contributed by atoms with Gasteiger partial charge in [-0.15, -0.1) is 11.3 Å². The zero-order chi connectivity index (χ0) is 24.0. The van der Waals surface area contributed by atoms with Crippen LogP contribution < -0.4 is 25.0 Å². The highest BCUT2D eigenvalue weighted by molar-refractivity contribution is 7.09. The molecule has 0 bridgehead atoms. The highest BCUT2D eigenvalue weighted by Gasteiger charge is 2.28. The largest absolute Gasteiger partial charge is 0.454 e. The molecular formula is C26H28N4O4S. The molecule has 8 nitrogen and oxygen atoms in total. The second-order valence-electron chi connectivity index (χ2n) is 8.46. The second-order valence-corrected chi connectivity index (χ2v) is 9.49. The lowest BCUT2D eigenvalue weighted by atomic mass is 10.0. The molecule has 1 atom stereocenters.